The number of carbonyl (C=O) groups is 1. The van der Waals surface area contributed by atoms with Gasteiger partial charge < -0.3 is 14.6 Å². The Morgan fingerprint density at radius 2 is 1.74 bits per heavy atom. The number of piperazine rings is 1. The third-order valence-electron chi connectivity index (χ3n) is 5.52. The van der Waals surface area contributed by atoms with E-state index in [4.69, 9.17) is 4.74 Å². The van der Waals surface area contributed by atoms with Crippen LogP contribution in [0.2, 0.25) is 0 Å². The van der Waals surface area contributed by atoms with Crippen LogP contribution in [-0.2, 0) is 0 Å². The number of H-pyrrole nitrogens is 1. The van der Waals surface area contributed by atoms with Crippen LogP contribution in [0, 0.1) is 0 Å². The number of hydrogen-bond acceptors (Lipinski definition) is 4. The molecule has 0 spiro atoms. The molecule has 4 rings (SSSR count). The monoisotopic (exact) mass is 363 g/mol. The minimum Gasteiger partial charge on any atom is -0.495 e. The number of fused-ring (bicyclic) bond motifs is 1. The van der Waals surface area contributed by atoms with E-state index in [1.807, 2.05) is 55.6 Å². The highest BCUT2D eigenvalue weighted by Gasteiger charge is 2.28. The van der Waals surface area contributed by atoms with E-state index >= 15 is 0 Å². The van der Waals surface area contributed by atoms with Gasteiger partial charge in [0, 0.05) is 48.8 Å². The molecule has 0 aliphatic carbocycles. The van der Waals surface area contributed by atoms with Crippen LogP contribution >= 0.6 is 0 Å². The van der Waals surface area contributed by atoms with Crippen molar-refractivity contribution >= 4 is 22.4 Å². The van der Waals surface area contributed by atoms with Crippen molar-refractivity contribution in [2.45, 2.75) is 13.0 Å². The molecule has 1 saturated heterocycles. The Labute approximate surface area is 159 Å². The summed E-state index contributed by atoms with van der Waals surface area (Å²) in [5.41, 5.74) is 2.91. The first-order valence-electron chi connectivity index (χ1n) is 9.41. The number of Topliss-reactive ketones (excluding diaryl/α,β-unsaturated/α-hetero) is 1. The molecule has 1 N–H and O–H groups in total. The Morgan fingerprint density at radius 1 is 1.04 bits per heavy atom. The largest absolute Gasteiger partial charge is 0.495 e. The van der Waals surface area contributed by atoms with Gasteiger partial charge in [-0.2, -0.15) is 0 Å². The van der Waals surface area contributed by atoms with E-state index < -0.39 is 0 Å². The maximum Gasteiger partial charge on any atom is 0.181 e. The fraction of sp³-hybridized carbons (Fsp3) is 0.318. The lowest BCUT2D eigenvalue weighted by molar-refractivity contribution is 0.0831. The molecule has 1 aromatic heterocycles. The molecule has 1 unspecified atom stereocenters. The van der Waals surface area contributed by atoms with Gasteiger partial charge in [-0.25, -0.2) is 0 Å². The van der Waals surface area contributed by atoms with Crippen LogP contribution in [0.5, 0.6) is 5.75 Å². The molecular formula is C22H25N3O2. The Kier molecular flexibility index (Phi) is 4.86. The number of rotatable bonds is 5. The van der Waals surface area contributed by atoms with Gasteiger partial charge in [-0.05, 0) is 25.1 Å². The molecule has 1 aliphatic rings. The number of nitrogens with one attached hydrogen (secondary N) is 1. The minimum absolute atomic E-state index is 0.135. The maximum absolute atomic E-state index is 13.1. The fourth-order valence-electron chi connectivity index (χ4n) is 3.91. The highest BCUT2D eigenvalue weighted by Crippen LogP contribution is 2.29. The number of aromatic amines is 1. The van der Waals surface area contributed by atoms with Crippen LogP contribution in [0.25, 0.3) is 10.9 Å². The first-order valence-corrected chi connectivity index (χ1v) is 9.41. The Hall–Kier alpha value is -2.79. The standard InChI is InChI=1S/C22H25N3O2/c1-16(22(26)18-15-23-19-8-4-3-7-17(18)19)24-11-13-25(14-12-24)20-9-5-6-10-21(20)27-2/h3-10,15-16,23H,11-14H2,1-2H3. The van der Waals surface area contributed by atoms with Gasteiger partial charge >= 0.3 is 0 Å². The molecule has 0 amide bonds. The predicted octanol–water partition coefficient (Wildman–Crippen LogP) is 3.57. The van der Waals surface area contributed by atoms with E-state index in [2.05, 4.69) is 20.9 Å². The average molecular weight is 363 g/mol. The lowest BCUT2D eigenvalue weighted by Crippen LogP contribution is -2.51. The number of ketones is 1. The van der Waals surface area contributed by atoms with Crippen molar-refractivity contribution in [2.75, 3.05) is 38.2 Å². The number of methoxy groups -OCH3 is 1. The molecular weight excluding hydrogens is 338 g/mol. The molecule has 0 saturated carbocycles. The molecule has 1 aliphatic heterocycles. The van der Waals surface area contributed by atoms with E-state index in [1.54, 1.807) is 7.11 Å². The van der Waals surface area contributed by atoms with Crippen LogP contribution < -0.4 is 9.64 Å². The quantitative estimate of drug-likeness (QED) is 0.704. The minimum atomic E-state index is -0.135. The molecule has 1 atom stereocenters. The molecule has 5 heteroatoms. The number of nitrogens with zero attached hydrogens (tertiary/aromatic N) is 2. The molecule has 2 aromatic carbocycles. The second kappa shape index (κ2) is 7.45. The summed E-state index contributed by atoms with van der Waals surface area (Å²) < 4.78 is 5.49. The van der Waals surface area contributed by atoms with Gasteiger partial charge in [0.15, 0.2) is 5.78 Å². The first-order chi connectivity index (χ1) is 13.2. The Balaban J connectivity index is 1.45. The molecule has 2 heterocycles. The first kappa shape index (κ1) is 17.6. The summed E-state index contributed by atoms with van der Waals surface area (Å²) in [5.74, 6) is 1.08. The third-order valence-corrected chi connectivity index (χ3v) is 5.52. The smallest absolute Gasteiger partial charge is 0.181 e. The van der Waals surface area contributed by atoms with Crippen molar-refractivity contribution in [3.8, 4) is 5.75 Å². The second-order valence-corrected chi connectivity index (χ2v) is 6.98. The second-order valence-electron chi connectivity index (χ2n) is 6.98. The summed E-state index contributed by atoms with van der Waals surface area (Å²) in [6.07, 6.45) is 1.84. The summed E-state index contributed by atoms with van der Waals surface area (Å²) in [6, 6.07) is 15.9. The van der Waals surface area contributed by atoms with E-state index in [-0.39, 0.29) is 11.8 Å². The molecule has 5 nitrogen and oxygen atoms in total. The number of para-hydroxylation sites is 3. The number of carbonyl (C=O) groups excluding carboxylic acids is 1. The van der Waals surface area contributed by atoms with Crippen molar-refractivity contribution < 1.29 is 9.53 Å². The van der Waals surface area contributed by atoms with Gasteiger partial charge in [0.1, 0.15) is 5.75 Å². The number of benzene rings is 2. The normalized spacial score (nSPS) is 16.4. The lowest BCUT2D eigenvalue weighted by Gasteiger charge is -2.38. The van der Waals surface area contributed by atoms with Crippen LogP contribution in [0.3, 0.4) is 0 Å². The zero-order valence-corrected chi connectivity index (χ0v) is 15.8. The van der Waals surface area contributed by atoms with Crippen molar-refractivity contribution in [3.05, 3.63) is 60.3 Å². The molecule has 0 radical (unpaired) electrons. The number of hydrogen-bond donors (Lipinski definition) is 1. The van der Waals surface area contributed by atoms with Gasteiger partial charge in [-0.15, -0.1) is 0 Å². The SMILES string of the molecule is COc1ccccc1N1CCN(C(C)C(=O)c2c[nH]c3ccccc23)CC1. The Morgan fingerprint density at radius 3 is 2.52 bits per heavy atom. The topological polar surface area (TPSA) is 48.6 Å². The van der Waals surface area contributed by atoms with E-state index in [1.165, 1.54) is 0 Å². The van der Waals surface area contributed by atoms with Crippen LogP contribution in [0.4, 0.5) is 5.69 Å². The number of aromatic nitrogens is 1. The third kappa shape index (κ3) is 3.30. The predicted molar refractivity (Wildman–Crippen MR) is 109 cm³/mol. The zero-order chi connectivity index (χ0) is 18.8. The highest BCUT2D eigenvalue weighted by atomic mass is 16.5. The van der Waals surface area contributed by atoms with Crippen molar-refractivity contribution in [2.24, 2.45) is 0 Å². The van der Waals surface area contributed by atoms with Crippen LogP contribution in [0.15, 0.2) is 54.7 Å². The van der Waals surface area contributed by atoms with Crippen LogP contribution in [0.1, 0.15) is 17.3 Å². The fourth-order valence-corrected chi connectivity index (χ4v) is 3.91. The molecule has 3 aromatic rings. The van der Waals surface area contributed by atoms with Gasteiger partial charge in [-0.3, -0.25) is 9.69 Å². The maximum atomic E-state index is 13.1. The Bertz CT molecular complexity index is 941. The summed E-state index contributed by atoms with van der Waals surface area (Å²) in [6.45, 7) is 5.49. The lowest BCUT2D eigenvalue weighted by atomic mass is 10.0. The van der Waals surface area contributed by atoms with Crippen molar-refractivity contribution in [3.63, 3.8) is 0 Å². The summed E-state index contributed by atoms with van der Waals surface area (Å²) in [7, 11) is 1.71. The van der Waals surface area contributed by atoms with Gasteiger partial charge in [0.05, 0.1) is 18.8 Å². The van der Waals surface area contributed by atoms with E-state index in [0.717, 1.165) is 54.1 Å². The molecule has 0 bridgehead atoms. The number of anilines is 1. The van der Waals surface area contributed by atoms with Gasteiger partial charge in [0.25, 0.3) is 0 Å². The molecule has 27 heavy (non-hydrogen) atoms. The summed E-state index contributed by atoms with van der Waals surface area (Å²) in [5, 5.41) is 1.00. The van der Waals surface area contributed by atoms with Crippen molar-refractivity contribution in [1.82, 2.24) is 9.88 Å². The number of ether oxygens (including phenoxy) is 1. The average Bonchev–Trinajstić information content (AvgIpc) is 3.17. The van der Waals surface area contributed by atoms with E-state index in [0.29, 0.717) is 0 Å². The van der Waals surface area contributed by atoms with Gasteiger partial charge in [-0.1, -0.05) is 30.3 Å². The molecule has 140 valence electrons. The summed E-state index contributed by atoms with van der Waals surface area (Å²) >= 11 is 0. The van der Waals surface area contributed by atoms with Gasteiger partial charge in [0.2, 0.25) is 0 Å². The summed E-state index contributed by atoms with van der Waals surface area (Å²) in [4.78, 5) is 20.9. The highest BCUT2D eigenvalue weighted by molar-refractivity contribution is 6.10. The van der Waals surface area contributed by atoms with E-state index in [9.17, 15) is 4.79 Å². The van der Waals surface area contributed by atoms with Crippen molar-refractivity contribution in [1.29, 1.82) is 0 Å². The van der Waals surface area contributed by atoms with Crippen LogP contribution in [-0.4, -0.2) is 55.0 Å². The zero-order valence-electron chi connectivity index (χ0n) is 15.8. The molecule has 1 fully saturated rings.